The van der Waals surface area contributed by atoms with Gasteiger partial charge < -0.3 is 16.0 Å². The van der Waals surface area contributed by atoms with Crippen LogP contribution in [0.4, 0.5) is 5.69 Å². The number of aromatic nitrogens is 4. The predicted octanol–water partition coefficient (Wildman–Crippen LogP) is 2.98. The molecule has 2 heterocycles. The van der Waals surface area contributed by atoms with Crippen molar-refractivity contribution in [2.24, 2.45) is 0 Å². The van der Waals surface area contributed by atoms with Crippen LogP contribution in [0, 0.1) is 0 Å². The lowest BCUT2D eigenvalue weighted by molar-refractivity contribution is -0.123. The summed E-state index contributed by atoms with van der Waals surface area (Å²) < 4.78 is 1.41. The third-order valence-corrected chi connectivity index (χ3v) is 6.53. The van der Waals surface area contributed by atoms with E-state index in [0.717, 1.165) is 11.1 Å². The van der Waals surface area contributed by atoms with E-state index in [-0.39, 0.29) is 18.2 Å². The zero-order valence-electron chi connectivity index (χ0n) is 20.7. The third kappa shape index (κ3) is 6.19. The standard InChI is InChI=1S/C28H24ClN7O3/c29-23-8-4-7-19(26(23)36-17-31-34-35-36)9-12-25(37)33-24(15-18-5-2-1-3-6-18)28(39)32-21-10-11-22-20(16-21)13-14-30-27(22)38/h1-12,16-17,24H,13-15H2,(H,30,38)(H,32,39)(H,33,37)/b12-9+/t24-/m0/s1. The Hall–Kier alpha value is -4.83. The van der Waals surface area contributed by atoms with Crippen LogP contribution in [0.15, 0.2) is 79.1 Å². The fourth-order valence-corrected chi connectivity index (χ4v) is 4.62. The second kappa shape index (κ2) is 11.7. The Morgan fingerprint density at radius 3 is 2.74 bits per heavy atom. The van der Waals surface area contributed by atoms with Crippen LogP contribution in [0.3, 0.4) is 0 Å². The highest BCUT2D eigenvalue weighted by Crippen LogP contribution is 2.24. The minimum Gasteiger partial charge on any atom is -0.352 e. The molecule has 3 aromatic carbocycles. The number of halogens is 1. The molecule has 0 radical (unpaired) electrons. The number of rotatable bonds is 8. The molecule has 1 aliphatic heterocycles. The Kier molecular flexibility index (Phi) is 7.74. The minimum atomic E-state index is -0.859. The molecule has 3 amide bonds. The van der Waals surface area contributed by atoms with Gasteiger partial charge in [-0.15, -0.1) is 5.10 Å². The van der Waals surface area contributed by atoms with Gasteiger partial charge in [-0.1, -0.05) is 54.1 Å². The third-order valence-electron chi connectivity index (χ3n) is 6.22. The minimum absolute atomic E-state index is 0.127. The van der Waals surface area contributed by atoms with Gasteiger partial charge in [0.05, 0.1) is 10.7 Å². The molecule has 3 N–H and O–H groups in total. The molecule has 1 aromatic heterocycles. The predicted molar refractivity (Wildman–Crippen MR) is 146 cm³/mol. The smallest absolute Gasteiger partial charge is 0.251 e. The fourth-order valence-electron chi connectivity index (χ4n) is 4.35. The first-order valence-electron chi connectivity index (χ1n) is 12.2. The number of para-hydroxylation sites is 1. The molecule has 0 saturated carbocycles. The number of fused-ring (bicyclic) bond motifs is 1. The number of anilines is 1. The second-order valence-corrected chi connectivity index (χ2v) is 9.29. The molecule has 0 bridgehead atoms. The first-order valence-corrected chi connectivity index (χ1v) is 12.6. The van der Waals surface area contributed by atoms with Crippen molar-refractivity contribution in [3.8, 4) is 5.69 Å². The highest BCUT2D eigenvalue weighted by molar-refractivity contribution is 6.32. The first kappa shape index (κ1) is 25.8. The molecule has 0 saturated heterocycles. The van der Waals surface area contributed by atoms with Crippen molar-refractivity contribution in [3.63, 3.8) is 0 Å². The quantitative estimate of drug-likeness (QED) is 0.294. The highest BCUT2D eigenvalue weighted by atomic mass is 35.5. The van der Waals surface area contributed by atoms with Crippen LogP contribution in [-0.2, 0) is 22.4 Å². The lowest BCUT2D eigenvalue weighted by Gasteiger charge is -2.20. The van der Waals surface area contributed by atoms with E-state index in [0.29, 0.717) is 40.5 Å². The molecule has 196 valence electrons. The maximum atomic E-state index is 13.3. The van der Waals surface area contributed by atoms with Crippen molar-refractivity contribution >= 4 is 41.1 Å². The number of carbonyl (C=O) groups is 3. The summed E-state index contributed by atoms with van der Waals surface area (Å²) in [7, 11) is 0. The summed E-state index contributed by atoms with van der Waals surface area (Å²) in [4.78, 5) is 38.4. The maximum Gasteiger partial charge on any atom is 0.251 e. The van der Waals surface area contributed by atoms with E-state index >= 15 is 0 Å². The van der Waals surface area contributed by atoms with Crippen LogP contribution in [0.1, 0.15) is 27.0 Å². The lowest BCUT2D eigenvalue weighted by Crippen LogP contribution is -2.44. The van der Waals surface area contributed by atoms with E-state index < -0.39 is 11.9 Å². The van der Waals surface area contributed by atoms with Gasteiger partial charge in [0.25, 0.3) is 5.91 Å². The summed E-state index contributed by atoms with van der Waals surface area (Å²) >= 11 is 6.36. The van der Waals surface area contributed by atoms with Crippen molar-refractivity contribution < 1.29 is 14.4 Å². The van der Waals surface area contributed by atoms with E-state index in [1.54, 1.807) is 42.5 Å². The number of hydrogen-bond acceptors (Lipinski definition) is 6. The van der Waals surface area contributed by atoms with Crippen molar-refractivity contribution in [1.82, 2.24) is 30.8 Å². The van der Waals surface area contributed by atoms with Gasteiger partial charge in [0.2, 0.25) is 11.8 Å². The van der Waals surface area contributed by atoms with Crippen molar-refractivity contribution in [2.75, 3.05) is 11.9 Å². The zero-order valence-corrected chi connectivity index (χ0v) is 21.4. The second-order valence-electron chi connectivity index (χ2n) is 8.88. The van der Waals surface area contributed by atoms with E-state index in [2.05, 4.69) is 31.5 Å². The Morgan fingerprint density at radius 1 is 1.10 bits per heavy atom. The summed E-state index contributed by atoms with van der Waals surface area (Å²) in [6.45, 7) is 0.546. The van der Waals surface area contributed by atoms with Gasteiger partial charge in [-0.25, -0.2) is 0 Å². The van der Waals surface area contributed by atoms with Crippen LogP contribution >= 0.6 is 11.6 Å². The number of nitrogens with one attached hydrogen (secondary N) is 3. The van der Waals surface area contributed by atoms with Gasteiger partial charge in [-0.2, -0.15) is 4.68 Å². The molecule has 0 spiro atoms. The van der Waals surface area contributed by atoms with E-state index in [4.69, 9.17) is 11.6 Å². The van der Waals surface area contributed by atoms with Gasteiger partial charge in [-0.05, 0) is 58.3 Å². The fraction of sp³-hybridized carbons (Fsp3) is 0.143. The topological polar surface area (TPSA) is 131 Å². The first-order chi connectivity index (χ1) is 19.0. The molecule has 10 nitrogen and oxygen atoms in total. The summed E-state index contributed by atoms with van der Waals surface area (Å²) in [5.74, 6) is -0.966. The normalized spacial score (nSPS) is 13.4. The summed E-state index contributed by atoms with van der Waals surface area (Å²) in [5, 5.41) is 20.1. The van der Waals surface area contributed by atoms with Gasteiger partial charge in [-0.3, -0.25) is 14.4 Å². The Labute approximate surface area is 229 Å². The Bertz CT molecular complexity index is 1540. The average Bonchev–Trinajstić information content (AvgIpc) is 3.47. The average molecular weight is 542 g/mol. The highest BCUT2D eigenvalue weighted by Gasteiger charge is 2.22. The lowest BCUT2D eigenvalue weighted by atomic mass is 9.99. The van der Waals surface area contributed by atoms with Gasteiger partial charge in [0.1, 0.15) is 12.4 Å². The zero-order chi connectivity index (χ0) is 27.2. The SMILES string of the molecule is O=C(/C=C/c1cccc(Cl)c1-n1cnnn1)N[C@@H](Cc1ccccc1)C(=O)Nc1ccc2c(c1)CCNC2=O. The summed E-state index contributed by atoms with van der Waals surface area (Å²) in [5.41, 5.74) is 4.05. The largest absolute Gasteiger partial charge is 0.352 e. The van der Waals surface area contributed by atoms with Crippen LogP contribution in [0.25, 0.3) is 11.8 Å². The number of hydrogen-bond donors (Lipinski definition) is 3. The van der Waals surface area contributed by atoms with Gasteiger partial charge in [0.15, 0.2) is 0 Å². The number of carbonyl (C=O) groups excluding carboxylic acids is 3. The molecule has 0 aliphatic carbocycles. The summed E-state index contributed by atoms with van der Waals surface area (Å²) in [6, 6.07) is 19.0. The Morgan fingerprint density at radius 2 is 1.95 bits per heavy atom. The van der Waals surface area contributed by atoms with E-state index in [9.17, 15) is 14.4 Å². The molecule has 1 atom stereocenters. The maximum absolute atomic E-state index is 13.3. The molecule has 0 fully saturated rings. The van der Waals surface area contributed by atoms with Crippen LogP contribution < -0.4 is 16.0 Å². The monoisotopic (exact) mass is 541 g/mol. The van der Waals surface area contributed by atoms with Crippen LogP contribution in [0.5, 0.6) is 0 Å². The van der Waals surface area contributed by atoms with Crippen LogP contribution in [0.2, 0.25) is 5.02 Å². The Balaban J connectivity index is 1.34. The van der Waals surface area contributed by atoms with Crippen molar-refractivity contribution in [2.45, 2.75) is 18.9 Å². The van der Waals surface area contributed by atoms with Gasteiger partial charge in [0, 0.05) is 35.9 Å². The molecule has 1 aliphatic rings. The van der Waals surface area contributed by atoms with Gasteiger partial charge >= 0.3 is 0 Å². The number of benzene rings is 3. The molecule has 0 unspecified atom stereocenters. The van der Waals surface area contributed by atoms with E-state index in [1.165, 1.54) is 17.1 Å². The van der Waals surface area contributed by atoms with Crippen molar-refractivity contribution in [1.29, 1.82) is 0 Å². The summed E-state index contributed by atoms with van der Waals surface area (Å²) in [6.07, 6.45) is 5.29. The molecular weight excluding hydrogens is 518 g/mol. The molecule has 39 heavy (non-hydrogen) atoms. The molecule has 4 aromatic rings. The van der Waals surface area contributed by atoms with Crippen molar-refractivity contribution in [3.05, 3.63) is 106 Å². The number of tetrazole rings is 1. The molecule has 5 rings (SSSR count). The number of amides is 3. The molecule has 11 heteroatoms. The van der Waals surface area contributed by atoms with Crippen LogP contribution in [-0.4, -0.2) is 50.5 Å². The number of nitrogens with zero attached hydrogens (tertiary/aromatic N) is 4. The molecular formula is C28H24ClN7O3. The van der Waals surface area contributed by atoms with E-state index in [1.807, 2.05) is 30.3 Å².